The van der Waals surface area contributed by atoms with Gasteiger partial charge in [0.2, 0.25) is 10.0 Å². The van der Waals surface area contributed by atoms with Crippen LogP contribution in [0, 0.1) is 17.7 Å². The molecule has 1 aliphatic rings. The summed E-state index contributed by atoms with van der Waals surface area (Å²) in [6.07, 6.45) is 2.48. The van der Waals surface area contributed by atoms with Crippen LogP contribution in [0.5, 0.6) is 0 Å². The van der Waals surface area contributed by atoms with E-state index < -0.39 is 25.9 Å². The van der Waals surface area contributed by atoms with E-state index in [2.05, 4.69) is 10.3 Å². The van der Waals surface area contributed by atoms with E-state index in [1.807, 2.05) is 13.8 Å². The molecule has 8 nitrogen and oxygen atoms in total. The maximum absolute atomic E-state index is 13.3. The highest BCUT2D eigenvalue weighted by Crippen LogP contribution is 2.26. The number of nitrogens with zero attached hydrogens (tertiary/aromatic N) is 3. The van der Waals surface area contributed by atoms with Gasteiger partial charge in [0.25, 0.3) is 10.0 Å². The lowest BCUT2D eigenvalue weighted by atomic mass is 10.0. The van der Waals surface area contributed by atoms with E-state index in [0.717, 1.165) is 0 Å². The monoisotopic (exact) mass is 470 g/mol. The molecule has 1 saturated heterocycles. The third-order valence-electron chi connectivity index (χ3n) is 4.93. The Hall–Kier alpha value is -2.24. The van der Waals surface area contributed by atoms with Gasteiger partial charge < -0.3 is 5.32 Å². The molecule has 2 heterocycles. The van der Waals surface area contributed by atoms with Crippen molar-refractivity contribution in [2.75, 3.05) is 42.1 Å². The van der Waals surface area contributed by atoms with Crippen LogP contribution in [0.15, 0.2) is 47.5 Å². The predicted molar refractivity (Wildman–Crippen MR) is 118 cm³/mol. The zero-order chi connectivity index (χ0) is 22.8. The molecule has 0 saturated carbocycles. The summed E-state index contributed by atoms with van der Waals surface area (Å²) in [7, 11) is -7.03. The quantitative estimate of drug-likeness (QED) is 0.604. The SMILES string of the molecule is CC(C)CN(c1ccc(F)cc1)S(=O)(=O)c1ccc(NCC2CN(S(C)(=O)=O)C2)nc1. The maximum Gasteiger partial charge on any atom is 0.265 e. The summed E-state index contributed by atoms with van der Waals surface area (Å²) in [6.45, 7) is 5.51. The van der Waals surface area contributed by atoms with E-state index in [9.17, 15) is 21.2 Å². The number of nitrogens with one attached hydrogen (secondary N) is 1. The second kappa shape index (κ2) is 9.09. The van der Waals surface area contributed by atoms with E-state index in [0.29, 0.717) is 31.1 Å². The highest BCUT2D eigenvalue weighted by Gasteiger charge is 2.33. The minimum atomic E-state index is -3.88. The van der Waals surface area contributed by atoms with Crippen LogP contribution in [-0.2, 0) is 20.0 Å². The normalized spacial score (nSPS) is 15.6. The second-order valence-corrected chi connectivity index (χ2v) is 12.0. The Kier molecular flexibility index (Phi) is 6.87. The van der Waals surface area contributed by atoms with Gasteiger partial charge in [0.05, 0.1) is 11.9 Å². The molecule has 11 heteroatoms. The molecule has 0 spiro atoms. The van der Waals surface area contributed by atoms with Crippen LogP contribution in [0.4, 0.5) is 15.9 Å². The summed E-state index contributed by atoms with van der Waals surface area (Å²) in [5.41, 5.74) is 0.387. The summed E-state index contributed by atoms with van der Waals surface area (Å²) in [5, 5.41) is 3.11. The minimum Gasteiger partial charge on any atom is -0.370 e. The number of pyridine rings is 1. The smallest absolute Gasteiger partial charge is 0.265 e. The number of anilines is 2. The predicted octanol–water partition coefficient (Wildman–Crippen LogP) is 2.38. The average Bonchev–Trinajstić information content (AvgIpc) is 2.65. The first-order chi connectivity index (χ1) is 14.5. The van der Waals surface area contributed by atoms with Crippen molar-refractivity contribution in [2.45, 2.75) is 18.7 Å². The van der Waals surface area contributed by atoms with E-state index in [1.165, 1.54) is 51.4 Å². The maximum atomic E-state index is 13.3. The van der Waals surface area contributed by atoms with E-state index >= 15 is 0 Å². The Morgan fingerprint density at radius 3 is 2.29 bits per heavy atom. The lowest BCUT2D eigenvalue weighted by Crippen LogP contribution is -2.51. The van der Waals surface area contributed by atoms with E-state index in [4.69, 9.17) is 0 Å². The first-order valence-corrected chi connectivity index (χ1v) is 13.2. The molecule has 2 aromatic rings. The fraction of sp³-hybridized carbons (Fsp3) is 0.450. The van der Waals surface area contributed by atoms with Gasteiger partial charge in [-0.25, -0.2) is 30.5 Å². The molecule has 0 aliphatic carbocycles. The van der Waals surface area contributed by atoms with E-state index in [1.54, 1.807) is 6.07 Å². The van der Waals surface area contributed by atoms with Gasteiger partial charge in [0, 0.05) is 38.3 Å². The van der Waals surface area contributed by atoms with Gasteiger partial charge in [-0.2, -0.15) is 0 Å². The van der Waals surface area contributed by atoms with Gasteiger partial charge in [0.15, 0.2) is 0 Å². The summed E-state index contributed by atoms with van der Waals surface area (Å²) >= 11 is 0. The minimum absolute atomic E-state index is 0.0370. The highest BCUT2D eigenvalue weighted by atomic mass is 32.2. The fourth-order valence-electron chi connectivity index (χ4n) is 3.22. The molecule has 1 aromatic heterocycles. The average molecular weight is 471 g/mol. The van der Waals surface area contributed by atoms with Crippen molar-refractivity contribution in [1.29, 1.82) is 0 Å². The lowest BCUT2D eigenvalue weighted by Gasteiger charge is -2.37. The molecule has 1 fully saturated rings. The summed E-state index contributed by atoms with van der Waals surface area (Å²) in [6, 6.07) is 8.40. The molecule has 31 heavy (non-hydrogen) atoms. The van der Waals surface area contributed by atoms with Crippen molar-refractivity contribution in [3.05, 3.63) is 48.4 Å². The molecular weight excluding hydrogens is 443 g/mol. The van der Waals surface area contributed by atoms with Crippen molar-refractivity contribution >= 4 is 31.6 Å². The number of rotatable bonds is 9. The molecular formula is C20H27FN4O4S2. The Morgan fingerprint density at radius 1 is 1.13 bits per heavy atom. The highest BCUT2D eigenvalue weighted by molar-refractivity contribution is 7.92. The number of sulfonamides is 2. The molecule has 3 rings (SSSR count). The van der Waals surface area contributed by atoms with Crippen LogP contribution in [0.1, 0.15) is 13.8 Å². The van der Waals surface area contributed by atoms with Gasteiger partial charge in [0.1, 0.15) is 16.5 Å². The van der Waals surface area contributed by atoms with Crippen molar-refractivity contribution < 1.29 is 21.2 Å². The number of halogens is 1. The van der Waals surface area contributed by atoms with Crippen LogP contribution in [0.3, 0.4) is 0 Å². The molecule has 0 atom stereocenters. The van der Waals surface area contributed by atoms with Gasteiger partial charge in [-0.15, -0.1) is 0 Å². The third-order valence-corrected chi connectivity index (χ3v) is 7.95. The van der Waals surface area contributed by atoms with Crippen LogP contribution >= 0.6 is 0 Å². The molecule has 0 amide bonds. The van der Waals surface area contributed by atoms with Gasteiger partial charge in [-0.3, -0.25) is 4.31 Å². The Balaban J connectivity index is 1.69. The zero-order valence-corrected chi connectivity index (χ0v) is 19.3. The van der Waals surface area contributed by atoms with Gasteiger partial charge >= 0.3 is 0 Å². The Labute approximate surface area is 183 Å². The molecule has 1 aromatic carbocycles. The third kappa shape index (κ3) is 5.72. The molecule has 170 valence electrons. The Morgan fingerprint density at radius 2 is 1.77 bits per heavy atom. The largest absolute Gasteiger partial charge is 0.370 e. The van der Waals surface area contributed by atoms with Gasteiger partial charge in [-0.05, 0) is 42.3 Å². The summed E-state index contributed by atoms with van der Waals surface area (Å²) < 4.78 is 65.3. The molecule has 0 unspecified atom stereocenters. The summed E-state index contributed by atoms with van der Waals surface area (Å²) in [5.74, 6) is 0.311. The van der Waals surface area contributed by atoms with Crippen LogP contribution in [0.2, 0.25) is 0 Å². The topological polar surface area (TPSA) is 99.7 Å². The van der Waals surface area contributed by atoms with Gasteiger partial charge in [-0.1, -0.05) is 13.8 Å². The first-order valence-electron chi connectivity index (χ1n) is 9.90. The van der Waals surface area contributed by atoms with E-state index in [-0.39, 0.29) is 23.3 Å². The molecule has 1 aliphatic heterocycles. The summed E-state index contributed by atoms with van der Waals surface area (Å²) in [4.78, 5) is 4.24. The van der Waals surface area contributed by atoms with Crippen LogP contribution in [-0.4, -0.2) is 58.6 Å². The molecule has 0 bridgehead atoms. The number of hydrogen-bond donors (Lipinski definition) is 1. The van der Waals surface area contributed by atoms with Crippen molar-refractivity contribution in [3.8, 4) is 0 Å². The lowest BCUT2D eigenvalue weighted by molar-refractivity contribution is 0.213. The van der Waals surface area contributed by atoms with Crippen molar-refractivity contribution in [2.24, 2.45) is 11.8 Å². The first kappa shape index (κ1) is 23.4. The Bertz CT molecular complexity index is 1100. The van der Waals surface area contributed by atoms with Crippen LogP contribution < -0.4 is 9.62 Å². The number of aromatic nitrogens is 1. The molecule has 1 N–H and O–H groups in total. The molecule has 0 radical (unpaired) electrons. The van der Waals surface area contributed by atoms with Crippen molar-refractivity contribution in [3.63, 3.8) is 0 Å². The number of hydrogen-bond acceptors (Lipinski definition) is 6. The standard InChI is InChI=1S/C20H27FN4O4S2/c1-15(2)12-25(18-6-4-17(21)5-7-18)31(28,29)19-8-9-20(23-11-19)22-10-16-13-24(14-16)30(3,26)27/h4-9,11,15-16H,10,12-14H2,1-3H3,(H,22,23). The fourth-order valence-corrected chi connectivity index (χ4v) is 5.75. The van der Waals surface area contributed by atoms with Crippen molar-refractivity contribution in [1.82, 2.24) is 9.29 Å². The zero-order valence-electron chi connectivity index (χ0n) is 17.7. The second-order valence-electron chi connectivity index (χ2n) is 8.11. The number of benzene rings is 1. The van der Waals surface area contributed by atoms with Crippen LogP contribution in [0.25, 0.3) is 0 Å².